The monoisotopic (exact) mass is 415 g/mol. The molecular formula is C22H22ClNO3S. The summed E-state index contributed by atoms with van der Waals surface area (Å²) in [5.74, 6) is 1.01. The minimum Gasteiger partial charge on any atom is -0.478 e. The highest BCUT2D eigenvalue weighted by Crippen LogP contribution is 2.60. The Labute approximate surface area is 172 Å². The lowest BCUT2D eigenvalue weighted by Crippen LogP contribution is -2.51. The summed E-state index contributed by atoms with van der Waals surface area (Å²) >= 11 is 7.30. The molecule has 0 unspecified atom stereocenters. The molecule has 1 heterocycles. The van der Waals surface area contributed by atoms with Gasteiger partial charge in [-0.05, 0) is 74.0 Å². The zero-order valence-corrected chi connectivity index (χ0v) is 17.0. The molecule has 4 nitrogen and oxygen atoms in total. The Kier molecular flexibility index (Phi) is 4.29. The number of thiophene rings is 1. The van der Waals surface area contributed by atoms with Gasteiger partial charge in [-0.25, -0.2) is 4.79 Å². The largest absolute Gasteiger partial charge is 0.478 e. The number of nitrogens with one attached hydrogen (secondary N) is 1. The van der Waals surface area contributed by atoms with Crippen molar-refractivity contribution in [3.8, 4) is 10.4 Å². The summed E-state index contributed by atoms with van der Waals surface area (Å²) in [6, 6.07) is 7.11. The van der Waals surface area contributed by atoms with Crippen molar-refractivity contribution in [2.24, 2.45) is 23.2 Å². The van der Waals surface area contributed by atoms with Crippen LogP contribution in [-0.2, 0) is 4.79 Å². The van der Waals surface area contributed by atoms with Gasteiger partial charge in [0, 0.05) is 10.4 Å². The minimum absolute atomic E-state index is 0.0227. The van der Waals surface area contributed by atoms with E-state index in [9.17, 15) is 14.7 Å². The fourth-order valence-electron chi connectivity index (χ4n) is 6.12. The molecule has 4 fully saturated rings. The van der Waals surface area contributed by atoms with Gasteiger partial charge in [0.15, 0.2) is 0 Å². The molecule has 4 aliphatic rings. The fourth-order valence-corrected chi connectivity index (χ4v) is 7.25. The second kappa shape index (κ2) is 6.60. The van der Waals surface area contributed by atoms with Crippen LogP contribution in [-0.4, -0.2) is 17.0 Å². The van der Waals surface area contributed by atoms with E-state index in [2.05, 4.69) is 5.32 Å². The van der Waals surface area contributed by atoms with Crippen LogP contribution in [0, 0.1) is 23.2 Å². The average molecular weight is 416 g/mol. The van der Waals surface area contributed by atoms with E-state index in [1.165, 1.54) is 30.6 Å². The van der Waals surface area contributed by atoms with Crippen LogP contribution in [0.4, 0.5) is 5.69 Å². The maximum atomic E-state index is 13.3. The molecule has 146 valence electrons. The first-order valence-corrected chi connectivity index (χ1v) is 11.1. The number of carbonyl (C=O) groups excluding carboxylic acids is 1. The predicted molar refractivity (Wildman–Crippen MR) is 111 cm³/mol. The maximum Gasteiger partial charge on any atom is 0.339 e. The van der Waals surface area contributed by atoms with E-state index in [1.54, 1.807) is 17.5 Å². The van der Waals surface area contributed by atoms with Crippen molar-refractivity contribution in [2.75, 3.05) is 5.32 Å². The van der Waals surface area contributed by atoms with Crippen LogP contribution >= 0.6 is 22.9 Å². The zero-order valence-electron chi connectivity index (χ0n) is 15.4. The molecule has 2 aromatic rings. The summed E-state index contributed by atoms with van der Waals surface area (Å²) in [5, 5.41) is 15.2. The Balaban J connectivity index is 1.45. The van der Waals surface area contributed by atoms with Gasteiger partial charge < -0.3 is 10.4 Å². The van der Waals surface area contributed by atoms with Crippen molar-refractivity contribution in [3.05, 3.63) is 40.2 Å². The minimum atomic E-state index is -1.02. The molecule has 0 spiro atoms. The van der Waals surface area contributed by atoms with Crippen LogP contribution in [0.5, 0.6) is 0 Å². The van der Waals surface area contributed by atoms with Gasteiger partial charge in [-0.15, -0.1) is 11.3 Å². The number of rotatable bonds is 4. The number of carboxylic acids is 1. The van der Waals surface area contributed by atoms with E-state index in [0.29, 0.717) is 33.3 Å². The Hall–Kier alpha value is -1.85. The molecule has 1 amide bonds. The zero-order chi connectivity index (χ0) is 19.5. The van der Waals surface area contributed by atoms with Gasteiger partial charge in [-0.3, -0.25) is 4.79 Å². The molecular weight excluding hydrogens is 394 g/mol. The van der Waals surface area contributed by atoms with Crippen LogP contribution in [0.3, 0.4) is 0 Å². The summed E-state index contributed by atoms with van der Waals surface area (Å²) in [6.07, 6.45) is 6.69. The van der Waals surface area contributed by atoms with Crippen molar-refractivity contribution in [1.29, 1.82) is 0 Å². The second-order valence-corrected chi connectivity index (χ2v) is 10.1. The molecule has 28 heavy (non-hydrogen) atoms. The molecule has 6 rings (SSSR count). The first-order valence-electron chi connectivity index (χ1n) is 9.86. The third-order valence-corrected chi connectivity index (χ3v) is 8.16. The Morgan fingerprint density at radius 3 is 2.14 bits per heavy atom. The average Bonchev–Trinajstić information content (AvgIpc) is 3.05. The molecule has 2 N–H and O–H groups in total. The number of carboxylic acid groups (broad SMARTS) is 1. The van der Waals surface area contributed by atoms with E-state index in [4.69, 9.17) is 11.6 Å². The third-order valence-electron chi connectivity index (χ3n) is 6.88. The molecule has 4 saturated carbocycles. The molecule has 0 aliphatic heterocycles. The topological polar surface area (TPSA) is 66.4 Å². The number of anilines is 1. The van der Waals surface area contributed by atoms with Gasteiger partial charge in [0.2, 0.25) is 5.91 Å². The van der Waals surface area contributed by atoms with Crippen LogP contribution in [0.15, 0.2) is 29.6 Å². The molecule has 6 heteroatoms. The number of halogens is 1. The molecule has 1 aromatic carbocycles. The van der Waals surface area contributed by atoms with Crippen LogP contribution in [0.25, 0.3) is 10.4 Å². The Bertz CT molecular complexity index is 914. The Morgan fingerprint density at radius 2 is 1.61 bits per heavy atom. The van der Waals surface area contributed by atoms with Gasteiger partial charge in [-0.2, -0.15) is 0 Å². The molecule has 4 aliphatic carbocycles. The molecule has 4 bridgehead atoms. The third kappa shape index (κ3) is 2.96. The standard InChI is InChI=1S/C22H22ClNO3S/c23-16-3-1-15(2-4-16)19-18(20(25)26)17(11-28-19)24-21(27)22-8-12-5-13(9-22)7-14(6-12)10-22/h1-4,11-14H,5-10H2,(H,24,27)(H,25,26). The lowest BCUT2D eigenvalue weighted by molar-refractivity contribution is -0.140. The van der Waals surface area contributed by atoms with Crippen LogP contribution in [0.1, 0.15) is 48.9 Å². The number of carbonyl (C=O) groups is 2. The number of benzene rings is 1. The van der Waals surface area contributed by atoms with Crippen LogP contribution in [0.2, 0.25) is 5.02 Å². The number of aromatic carboxylic acids is 1. The number of amides is 1. The quantitative estimate of drug-likeness (QED) is 0.651. The van der Waals surface area contributed by atoms with Gasteiger partial charge >= 0.3 is 5.97 Å². The maximum absolute atomic E-state index is 13.3. The number of hydrogen-bond donors (Lipinski definition) is 2. The van der Waals surface area contributed by atoms with Gasteiger partial charge in [-0.1, -0.05) is 23.7 Å². The summed E-state index contributed by atoms with van der Waals surface area (Å²) in [5.41, 5.74) is 1.09. The highest BCUT2D eigenvalue weighted by atomic mass is 35.5. The van der Waals surface area contributed by atoms with Gasteiger partial charge in [0.1, 0.15) is 5.56 Å². The summed E-state index contributed by atoms with van der Waals surface area (Å²) in [7, 11) is 0. The summed E-state index contributed by atoms with van der Waals surface area (Å²) in [4.78, 5) is 26.0. The first-order chi connectivity index (χ1) is 13.4. The lowest BCUT2D eigenvalue weighted by Gasteiger charge is -2.55. The lowest BCUT2D eigenvalue weighted by atomic mass is 9.49. The SMILES string of the molecule is O=C(O)c1c(NC(=O)C23CC4CC(CC(C4)C2)C3)csc1-c1ccc(Cl)cc1. The van der Waals surface area contributed by atoms with Crippen molar-refractivity contribution < 1.29 is 14.7 Å². The van der Waals surface area contributed by atoms with Crippen molar-refractivity contribution in [2.45, 2.75) is 38.5 Å². The highest BCUT2D eigenvalue weighted by molar-refractivity contribution is 7.14. The Morgan fingerprint density at radius 1 is 1.04 bits per heavy atom. The van der Waals surface area contributed by atoms with Gasteiger partial charge in [0.05, 0.1) is 16.0 Å². The first kappa shape index (κ1) is 18.2. The normalized spacial score (nSPS) is 30.4. The summed E-state index contributed by atoms with van der Waals surface area (Å²) in [6.45, 7) is 0. The van der Waals surface area contributed by atoms with Crippen molar-refractivity contribution in [3.63, 3.8) is 0 Å². The van der Waals surface area contributed by atoms with E-state index in [1.807, 2.05) is 12.1 Å². The van der Waals surface area contributed by atoms with Crippen LogP contribution < -0.4 is 5.32 Å². The fraction of sp³-hybridized carbons (Fsp3) is 0.455. The van der Waals surface area contributed by atoms with E-state index in [-0.39, 0.29) is 16.9 Å². The molecule has 0 atom stereocenters. The van der Waals surface area contributed by atoms with Gasteiger partial charge in [0.25, 0.3) is 0 Å². The summed E-state index contributed by atoms with van der Waals surface area (Å²) < 4.78 is 0. The molecule has 1 aromatic heterocycles. The predicted octanol–water partition coefficient (Wildman–Crippen LogP) is 5.92. The second-order valence-electron chi connectivity index (χ2n) is 8.82. The highest BCUT2D eigenvalue weighted by Gasteiger charge is 2.54. The molecule has 0 saturated heterocycles. The van der Waals surface area contributed by atoms with E-state index >= 15 is 0 Å². The number of hydrogen-bond acceptors (Lipinski definition) is 3. The smallest absolute Gasteiger partial charge is 0.339 e. The van der Waals surface area contributed by atoms with Crippen molar-refractivity contribution >= 4 is 40.5 Å². The van der Waals surface area contributed by atoms with Crippen molar-refractivity contribution in [1.82, 2.24) is 0 Å². The molecule has 0 radical (unpaired) electrons. The van der Waals surface area contributed by atoms with E-state index in [0.717, 1.165) is 24.8 Å². The van der Waals surface area contributed by atoms with E-state index < -0.39 is 5.97 Å².